The minimum absolute atomic E-state index is 0.238. The second kappa shape index (κ2) is 6.86. The highest BCUT2D eigenvalue weighted by molar-refractivity contribution is 6.18. The maximum Gasteiger partial charge on any atom is 0.0406 e. The van der Waals surface area contributed by atoms with Crippen LogP contribution in [0.25, 0.3) is 0 Å². The Morgan fingerprint density at radius 3 is 2.56 bits per heavy atom. The number of hydrogen-bond acceptors (Lipinski definition) is 1. The smallest absolute Gasteiger partial charge is 0.0406 e. The van der Waals surface area contributed by atoms with Crippen LogP contribution in [0.15, 0.2) is 0 Å². The Morgan fingerprint density at radius 2 is 2.06 bits per heavy atom. The van der Waals surface area contributed by atoms with Crippen molar-refractivity contribution in [2.24, 2.45) is 11.8 Å². The molecule has 1 N–H and O–H groups in total. The summed E-state index contributed by atoms with van der Waals surface area (Å²) < 4.78 is 0. The normalized spacial score (nSPS) is 30.9. The van der Waals surface area contributed by atoms with Crippen molar-refractivity contribution in [3.05, 3.63) is 0 Å². The molecule has 0 aliphatic heterocycles. The third-order valence-electron chi connectivity index (χ3n) is 4.27. The molecule has 0 spiro atoms. The molecule has 0 amide bonds. The summed E-state index contributed by atoms with van der Waals surface area (Å²) in [7, 11) is 0. The van der Waals surface area contributed by atoms with Crippen molar-refractivity contribution in [1.29, 1.82) is 0 Å². The molecule has 2 unspecified atom stereocenters. The van der Waals surface area contributed by atoms with Gasteiger partial charge < -0.3 is 5.32 Å². The molecule has 0 aromatic carbocycles. The highest BCUT2D eigenvalue weighted by atomic mass is 35.5. The lowest BCUT2D eigenvalue weighted by Gasteiger charge is -2.40. The van der Waals surface area contributed by atoms with Crippen molar-refractivity contribution < 1.29 is 0 Å². The van der Waals surface area contributed by atoms with E-state index in [1.54, 1.807) is 0 Å². The largest absolute Gasteiger partial charge is 0.310 e. The van der Waals surface area contributed by atoms with Crippen LogP contribution in [0.5, 0.6) is 0 Å². The van der Waals surface area contributed by atoms with Crippen molar-refractivity contribution in [1.82, 2.24) is 5.32 Å². The first-order valence-corrected chi connectivity index (χ1v) is 7.50. The van der Waals surface area contributed by atoms with E-state index in [-0.39, 0.29) is 5.54 Å². The van der Waals surface area contributed by atoms with Crippen molar-refractivity contribution in [2.75, 3.05) is 12.4 Å². The highest BCUT2D eigenvalue weighted by Gasteiger charge is 2.33. The SMILES string of the molecule is CCC(CC)CNC1(CCl)CCCC(C)C1. The summed E-state index contributed by atoms with van der Waals surface area (Å²) in [5.41, 5.74) is 0.238. The van der Waals surface area contributed by atoms with Crippen LogP contribution < -0.4 is 5.32 Å². The number of alkyl halides is 1. The van der Waals surface area contributed by atoms with Gasteiger partial charge in [0.25, 0.3) is 0 Å². The lowest BCUT2D eigenvalue weighted by atomic mass is 9.77. The van der Waals surface area contributed by atoms with Gasteiger partial charge in [0.15, 0.2) is 0 Å². The maximum atomic E-state index is 6.21. The predicted molar refractivity (Wildman–Crippen MR) is 73.2 cm³/mol. The molecule has 0 aromatic heterocycles. The molecule has 96 valence electrons. The lowest BCUT2D eigenvalue weighted by Crippen LogP contribution is -2.51. The van der Waals surface area contributed by atoms with Crippen molar-refractivity contribution in [3.8, 4) is 0 Å². The number of halogens is 1. The lowest BCUT2D eigenvalue weighted by molar-refractivity contribution is 0.198. The zero-order valence-corrected chi connectivity index (χ0v) is 11.9. The predicted octanol–water partition coefficient (Wildman–Crippen LogP) is 4.20. The standard InChI is InChI=1S/C14H28ClN/c1-4-13(5-2)10-16-14(11-15)8-6-7-12(3)9-14/h12-13,16H,4-11H2,1-3H3. The van der Waals surface area contributed by atoms with Crippen LogP contribution in [-0.4, -0.2) is 18.0 Å². The molecule has 1 fully saturated rings. The summed E-state index contributed by atoms with van der Waals surface area (Å²) in [4.78, 5) is 0. The molecule has 0 saturated heterocycles. The number of nitrogens with one attached hydrogen (secondary N) is 1. The van der Waals surface area contributed by atoms with Crippen molar-refractivity contribution in [2.45, 2.75) is 64.8 Å². The summed E-state index contributed by atoms with van der Waals surface area (Å²) in [6.07, 6.45) is 7.79. The molecule has 0 radical (unpaired) electrons. The molecule has 1 aliphatic carbocycles. The first-order valence-electron chi connectivity index (χ1n) is 6.96. The van der Waals surface area contributed by atoms with Gasteiger partial charge in [0.1, 0.15) is 0 Å². The molecular weight excluding hydrogens is 218 g/mol. The van der Waals surface area contributed by atoms with Gasteiger partial charge in [0.2, 0.25) is 0 Å². The van der Waals surface area contributed by atoms with E-state index in [0.717, 1.165) is 24.3 Å². The molecule has 0 aromatic rings. The fourth-order valence-electron chi connectivity index (χ4n) is 2.93. The summed E-state index contributed by atoms with van der Waals surface area (Å²) >= 11 is 6.21. The zero-order chi connectivity index (χ0) is 12.0. The van der Waals surface area contributed by atoms with E-state index in [0.29, 0.717) is 0 Å². The van der Waals surface area contributed by atoms with Crippen LogP contribution in [0.1, 0.15) is 59.3 Å². The van der Waals surface area contributed by atoms with E-state index in [9.17, 15) is 0 Å². The van der Waals surface area contributed by atoms with Crippen molar-refractivity contribution in [3.63, 3.8) is 0 Å². The molecule has 2 heteroatoms. The number of hydrogen-bond donors (Lipinski definition) is 1. The van der Waals surface area contributed by atoms with Gasteiger partial charge in [-0.15, -0.1) is 11.6 Å². The van der Waals surface area contributed by atoms with Crippen molar-refractivity contribution >= 4 is 11.6 Å². The molecule has 1 saturated carbocycles. The average Bonchev–Trinajstić information content (AvgIpc) is 2.30. The molecule has 1 aliphatic rings. The molecule has 1 rings (SSSR count). The third-order valence-corrected chi connectivity index (χ3v) is 4.78. The molecule has 1 nitrogen and oxygen atoms in total. The monoisotopic (exact) mass is 245 g/mol. The highest BCUT2D eigenvalue weighted by Crippen LogP contribution is 2.33. The summed E-state index contributed by atoms with van der Waals surface area (Å²) in [5.74, 6) is 2.43. The van der Waals surface area contributed by atoms with Gasteiger partial charge in [-0.2, -0.15) is 0 Å². The van der Waals surface area contributed by atoms with Gasteiger partial charge in [-0.1, -0.05) is 46.5 Å². The first-order chi connectivity index (χ1) is 7.65. The van der Waals surface area contributed by atoms with Crippen LogP contribution in [-0.2, 0) is 0 Å². The summed E-state index contributed by atoms with van der Waals surface area (Å²) in [6.45, 7) is 8.07. The third kappa shape index (κ3) is 3.92. The molecule has 16 heavy (non-hydrogen) atoms. The van der Waals surface area contributed by atoms with E-state index in [1.165, 1.54) is 38.5 Å². The minimum Gasteiger partial charge on any atom is -0.310 e. The minimum atomic E-state index is 0.238. The van der Waals surface area contributed by atoms with E-state index in [1.807, 2.05) is 0 Å². The van der Waals surface area contributed by atoms with Crippen LogP contribution >= 0.6 is 11.6 Å². The van der Waals surface area contributed by atoms with Gasteiger partial charge in [0.05, 0.1) is 0 Å². The maximum absolute atomic E-state index is 6.21. The van der Waals surface area contributed by atoms with E-state index >= 15 is 0 Å². The zero-order valence-electron chi connectivity index (χ0n) is 11.2. The van der Waals surface area contributed by atoms with Gasteiger partial charge in [0, 0.05) is 11.4 Å². The molecular formula is C14H28ClN. The second-order valence-electron chi connectivity index (χ2n) is 5.68. The Hall–Kier alpha value is 0.250. The molecule has 0 heterocycles. The van der Waals surface area contributed by atoms with Gasteiger partial charge >= 0.3 is 0 Å². The topological polar surface area (TPSA) is 12.0 Å². The van der Waals surface area contributed by atoms with E-state index in [4.69, 9.17) is 11.6 Å². The van der Waals surface area contributed by atoms with Gasteiger partial charge in [-0.3, -0.25) is 0 Å². The van der Waals surface area contributed by atoms with Crippen LogP contribution in [0.3, 0.4) is 0 Å². The fourth-order valence-corrected chi connectivity index (χ4v) is 3.26. The Morgan fingerprint density at radius 1 is 1.38 bits per heavy atom. The summed E-state index contributed by atoms with van der Waals surface area (Å²) in [5, 5.41) is 3.79. The quantitative estimate of drug-likeness (QED) is 0.692. The average molecular weight is 246 g/mol. The summed E-state index contributed by atoms with van der Waals surface area (Å²) in [6, 6.07) is 0. The second-order valence-corrected chi connectivity index (χ2v) is 5.95. The Kier molecular flexibility index (Phi) is 6.13. The Balaban J connectivity index is 2.46. The van der Waals surface area contributed by atoms with Crippen LogP contribution in [0.2, 0.25) is 0 Å². The first kappa shape index (κ1) is 14.3. The van der Waals surface area contributed by atoms with E-state index < -0.39 is 0 Å². The molecule has 2 atom stereocenters. The number of rotatable bonds is 6. The van der Waals surface area contributed by atoms with E-state index in [2.05, 4.69) is 26.1 Å². The van der Waals surface area contributed by atoms with Gasteiger partial charge in [-0.25, -0.2) is 0 Å². The van der Waals surface area contributed by atoms with Gasteiger partial charge in [-0.05, 0) is 31.2 Å². The Bertz CT molecular complexity index is 191. The van der Waals surface area contributed by atoms with Crippen LogP contribution in [0.4, 0.5) is 0 Å². The van der Waals surface area contributed by atoms with Crippen LogP contribution in [0, 0.1) is 11.8 Å². The fraction of sp³-hybridized carbons (Fsp3) is 1.00. The molecule has 0 bridgehead atoms. The Labute approximate surface area is 106 Å².